The highest BCUT2D eigenvalue weighted by atomic mass is 16.4. The summed E-state index contributed by atoms with van der Waals surface area (Å²) in [6.07, 6.45) is 8.15. The van der Waals surface area contributed by atoms with E-state index in [9.17, 15) is 4.79 Å². The highest BCUT2D eigenvalue weighted by molar-refractivity contribution is 5.92. The third kappa shape index (κ3) is 4.70. The fourth-order valence-electron chi connectivity index (χ4n) is 8.24. The van der Waals surface area contributed by atoms with Crippen molar-refractivity contribution >= 4 is 16.9 Å². The maximum absolute atomic E-state index is 13.3. The minimum Gasteiger partial charge on any atom is -0.456 e. The van der Waals surface area contributed by atoms with Crippen LogP contribution in [-0.2, 0) is 5.41 Å². The Balaban J connectivity index is 1.06. The van der Waals surface area contributed by atoms with Crippen LogP contribution < -0.4 is 0 Å². The molecule has 0 spiro atoms. The highest BCUT2D eigenvalue weighted by Gasteiger charge is 2.44. The Kier molecular flexibility index (Phi) is 6.77. The number of nitrogens with zero attached hydrogens (tertiary/aromatic N) is 4. The van der Waals surface area contributed by atoms with E-state index < -0.39 is 0 Å². The second-order valence-electron chi connectivity index (χ2n) is 12.8. The molecule has 3 atom stereocenters. The number of hydrogen-bond acceptors (Lipinski definition) is 4. The van der Waals surface area contributed by atoms with Crippen molar-refractivity contribution in [2.24, 2.45) is 0 Å². The van der Waals surface area contributed by atoms with Crippen molar-refractivity contribution in [3.63, 3.8) is 0 Å². The minimum atomic E-state index is 0.0327. The number of rotatable bonds is 6. The van der Waals surface area contributed by atoms with Gasteiger partial charge in [0.1, 0.15) is 11.6 Å². The van der Waals surface area contributed by atoms with Crippen LogP contribution in [0.5, 0.6) is 0 Å². The smallest absolute Gasteiger partial charge is 0.289 e. The zero-order valence-electron chi connectivity index (χ0n) is 24.7. The third-order valence-corrected chi connectivity index (χ3v) is 10.6. The van der Waals surface area contributed by atoms with E-state index in [2.05, 4.69) is 71.0 Å². The molecule has 3 saturated heterocycles. The van der Waals surface area contributed by atoms with Crippen LogP contribution in [-0.4, -0.2) is 57.0 Å². The Morgan fingerprint density at radius 1 is 0.927 bits per heavy atom. The zero-order valence-corrected chi connectivity index (χ0v) is 24.7. The Morgan fingerprint density at radius 3 is 2.29 bits per heavy atom. The van der Waals surface area contributed by atoms with Gasteiger partial charge in [-0.25, -0.2) is 4.98 Å². The summed E-state index contributed by atoms with van der Waals surface area (Å²) < 4.78 is 8.31. The molecule has 1 amide bonds. The fourth-order valence-corrected chi connectivity index (χ4v) is 8.24. The van der Waals surface area contributed by atoms with Crippen LogP contribution in [0.15, 0.2) is 65.1 Å². The fraction of sp³-hybridized carbons (Fsp3) is 0.486. The monoisotopic (exact) mass is 550 g/mol. The number of hydrogen-bond donors (Lipinski definition) is 0. The number of aryl methyl sites for hydroxylation is 3. The van der Waals surface area contributed by atoms with Crippen LogP contribution in [0.3, 0.4) is 0 Å². The second-order valence-corrected chi connectivity index (χ2v) is 12.8. The summed E-state index contributed by atoms with van der Waals surface area (Å²) in [5.74, 6) is 2.49. The van der Waals surface area contributed by atoms with Crippen LogP contribution in [0.25, 0.3) is 11.0 Å². The largest absolute Gasteiger partial charge is 0.456 e. The molecule has 6 heteroatoms. The molecular formula is C35H42N4O2. The van der Waals surface area contributed by atoms with Gasteiger partial charge in [0, 0.05) is 31.2 Å². The molecule has 2 aromatic carbocycles. The number of para-hydroxylation sites is 2. The molecule has 0 radical (unpaired) electrons. The molecule has 41 heavy (non-hydrogen) atoms. The Bertz CT molecular complexity index is 1510. The number of aromatic nitrogens is 2. The van der Waals surface area contributed by atoms with E-state index in [0.717, 1.165) is 61.6 Å². The van der Waals surface area contributed by atoms with Crippen molar-refractivity contribution in [2.45, 2.75) is 89.3 Å². The zero-order chi connectivity index (χ0) is 28.1. The van der Waals surface area contributed by atoms with E-state index in [-0.39, 0.29) is 11.3 Å². The topological polar surface area (TPSA) is 54.5 Å². The maximum atomic E-state index is 13.3. The number of carbonyl (C=O) groups excluding carboxylic acids is 1. The quantitative estimate of drug-likeness (QED) is 0.260. The number of fused-ring (bicyclic) bond motifs is 3. The van der Waals surface area contributed by atoms with Crippen molar-refractivity contribution < 1.29 is 9.21 Å². The molecule has 3 aliphatic heterocycles. The molecule has 6 nitrogen and oxygen atoms in total. The van der Waals surface area contributed by atoms with Crippen molar-refractivity contribution in [1.82, 2.24) is 19.4 Å². The summed E-state index contributed by atoms with van der Waals surface area (Å²) in [4.78, 5) is 23.0. The first kappa shape index (κ1) is 26.5. The van der Waals surface area contributed by atoms with E-state index >= 15 is 0 Å². The molecule has 3 fully saturated rings. The SMILES string of the molecule is Cc1cc(C(=O)N2CCC(CCN3[C@@H]4CC[C@H]3C[C@@H](n3c(C)nc5ccccc53)C4)(c3ccccc3)CC2)oc1C. The van der Waals surface area contributed by atoms with E-state index in [4.69, 9.17) is 9.40 Å². The van der Waals surface area contributed by atoms with E-state index in [1.807, 2.05) is 24.8 Å². The van der Waals surface area contributed by atoms with Crippen LogP contribution in [0.2, 0.25) is 0 Å². The molecule has 214 valence electrons. The number of furan rings is 1. The number of benzene rings is 2. The molecule has 2 bridgehead atoms. The van der Waals surface area contributed by atoms with Gasteiger partial charge < -0.3 is 13.9 Å². The van der Waals surface area contributed by atoms with Gasteiger partial charge in [-0.3, -0.25) is 9.69 Å². The van der Waals surface area contributed by atoms with Crippen LogP contribution in [0, 0.1) is 20.8 Å². The predicted octanol–water partition coefficient (Wildman–Crippen LogP) is 6.99. The van der Waals surface area contributed by atoms with E-state index in [0.29, 0.717) is 23.9 Å². The highest BCUT2D eigenvalue weighted by Crippen LogP contribution is 2.45. The Labute approximate surface area is 243 Å². The van der Waals surface area contributed by atoms with Crippen LogP contribution in [0.4, 0.5) is 0 Å². The summed E-state index contributed by atoms with van der Waals surface area (Å²) in [6, 6.07) is 23.4. The summed E-state index contributed by atoms with van der Waals surface area (Å²) in [7, 11) is 0. The van der Waals surface area contributed by atoms with Crippen molar-refractivity contribution in [3.05, 3.63) is 89.1 Å². The lowest BCUT2D eigenvalue weighted by atomic mass is 9.70. The van der Waals surface area contributed by atoms with Crippen molar-refractivity contribution in [2.75, 3.05) is 19.6 Å². The lowest BCUT2D eigenvalue weighted by Gasteiger charge is -2.45. The van der Waals surface area contributed by atoms with Gasteiger partial charge in [-0.2, -0.15) is 0 Å². The molecule has 0 aliphatic carbocycles. The standard InChI is InChI=1S/C35H42N4O2/c1-24-21-33(41-25(24)2)34(40)37-18-15-35(16-19-37,27-9-5-4-6-10-27)17-20-38-28-13-14-29(38)23-30(22-28)39-26(3)36-31-11-7-8-12-32(31)39/h4-12,21,28-30H,13-20,22-23H2,1-3H3/t28-,29+,30+. The Hall–Kier alpha value is -3.38. The van der Waals surface area contributed by atoms with Gasteiger partial charge in [0.15, 0.2) is 5.76 Å². The normalized spacial score (nSPS) is 24.3. The number of piperidine rings is 2. The number of likely N-dealkylation sites (tertiary alicyclic amines) is 1. The molecule has 5 heterocycles. The van der Waals surface area contributed by atoms with E-state index in [1.165, 1.54) is 36.8 Å². The first-order valence-electron chi connectivity index (χ1n) is 15.5. The summed E-state index contributed by atoms with van der Waals surface area (Å²) in [6.45, 7) is 8.77. The van der Waals surface area contributed by atoms with Gasteiger partial charge in [0.25, 0.3) is 5.91 Å². The number of carbonyl (C=O) groups is 1. The summed E-state index contributed by atoms with van der Waals surface area (Å²) in [5, 5.41) is 0. The van der Waals surface area contributed by atoms with Gasteiger partial charge in [0.2, 0.25) is 0 Å². The molecule has 7 rings (SSSR count). The predicted molar refractivity (Wildman–Crippen MR) is 162 cm³/mol. The lowest BCUT2D eigenvalue weighted by Crippen LogP contribution is -2.49. The Morgan fingerprint density at radius 2 is 1.61 bits per heavy atom. The molecule has 0 N–H and O–H groups in total. The molecule has 4 aromatic rings. The first-order chi connectivity index (χ1) is 19.9. The van der Waals surface area contributed by atoms with E-state index in [1.54, 1.807) is 0 Å². The van der Waals surface area contributed by atoms with Gasteiger partial charge >= 0.3 is 0 Å². The first-order valence-corrected chi connectivity index (χ1v) is 15.5. The third-order valence-electron chi connectivity index (χ3n) is 10.6. The molecule has 0 unspecified atom stereocenters. The summed E-state index contributed by atoms with van der Waals surface area (Å²) in [5.41, 5.74) is 4.97. The maximum Gasteiger partial charge on any atom is 0.289 e. The van der Waals surface area contributed by atoms with Crippen molar-refractivity contribution in [1.29, 1.82) is 0 Å². The molecule has 3 aliphatic rings. The average molecular weight is 551 g/mol. The minimum absolute atomic E-state index is 0.0327. The number of amides is 1. The van der Waals surface area contributed by atoms with Gasteiger partial charge in [-0.1, -0.05) is 42.5 Å². The van der Waals surface area contributed by atoms with Gasteiger partial charge in [-0.05, 0) is 107 Å². The molecule has 2 aromatic heterocycles. The van der Waals surface area contributed by atoms with Gasteiger partial charge in [0.05, 0.1) is 11.0 Å². The van der Waals surface area contributed by atoms with Crippen molar-refractivity contribution in [3.8, 4) is 0 Å². The van der Waals surface area contributed by atoms with Gasteiger partial charge in [-0.15, -0.1) is 0 Å². The summed E-state index contributed by atoms with van der Waals surface area (Å²) >= 11 is 0. The average Bonchev–Trinajstić information content (AvgIpc) is 3.60. The second kappa shape index (κ2) is 10.5. The lowest BCUT2D eigenvalue weighted by molar-refractivity contribution is 0.0579. The van der Waals surface area contributed by atoms with Crippen LogP contribution in [0.1, 0.15) is 84.3 Å². The molecular weight excluding hydrogens is 508 g/mol. The number of imidazole rings is 1. The molecule has 0 saturated carbocycles. The van der Waals surface area contributed by atoms with Crippen LogP contribution >= 0.6 is 0 Å².